The highest BCUT2D eigenvalue weighted by Gasteiger charge is 2.42. The number of Topliss-reactive ketones (excluding diaryl/α,β-unsaturated/α-hetero) is 1. The summed E-state index contributed by atoms with van der Waals surface area (Å²) in [6.45, 7) is 0. The Morgan fingerprint density at radius 3 is 0.504 bits per heavy atom. The number of nitrogens with one attached hydrogen (secondary N) is 3. The van der Waals surface area contributed by atoms with Crippen molar-refractivity contribution in [2.75, 3.05) is 23.0 Å². The lowest BCUT2D eigenvalue weighted by Gasteiger charge is -2.36. The SMILES string of the molecule is O=C(CCCCCSC(c1ccccc1)(c1ccccc1)c1ccccc1)CC(NC(=O)CCCCCSC(c1ccccc1)(c1ccccc1)c1ccccc1)(NC(=O)CCCCCSC(c1ccccc1)(c1ccccc1)c1ccccc1)NC(=O)CCCCCSC(c1ccccc1)(c1ccccc1)c1ccccc1. The highest BCUT2D eigenvalue weighted by Crippen LogP contribution is 2.53. The summed E-state index contributed by atoms with van der Waals surface area (Å²) >= 11 is 7.63. The summed E-state index contributed by atoms with van der Waals surface area (Å²) in [5.74, 6) is 0.187. The lowest BCUT2D eigenvalue weighted by atomic mass is 9.84. The van der Waals surface area contributed by atoms with E-state index in [1.54, 1.807) is 0 Å². The fraction of sp³-hybridized carbons (Fsp3) is 0.255. The van der Waals surface area contributed by atoms with Crippen LogP contribution in [0.25, 0.3) is 0 Å². The van der Waals surface area contributed by atoms with Gasteiger partial charge in [0.2, 0.25) is 17.7 Å². The molecule has 0 fully saturated rings. The summed E-state index contributed by atoms with van der Waals surface area (Å²) in [4.78, 5) is 60.0. The third-order valence-corrected chi connectivity index (χ3v) is 27.7. The smallest absolute Gasteiger partial charge is 0.223 e. The molecule has 0 radical (unpaired) electrons. The number of ketones is 1. The van der Waals surface area contributed by atoms with Crippen LogP contribution in [0.5, 0.6) is 0 Å². The van der Waals surface area contributed by atoms with Gasteiger partial charge in [0.05, 0.1) is 25.4 Å². The van der Waals surface area contributed by atoms with E-state index in [1.807, 2.05) is 47.0 Å². The van der Waals surface area contributed by atoms with Gasteiger partial charge in [0.15, 0.2) is 5.79 Å². The van der Waals surface area contributed by atoms with Crippen LogP contribution in [0.2, 0.25) is 0 Å². The minimum atomic E-state index is -1.89. The second kappa shape index (κ2) is 42.8. The van der Waals surface area contributed by atoms with E-state index in [9.17, 15) is 14.4 Å². The monoisotopic (exact) mass is 1560 g/mol. The first kappa shape index (κ1) is 82.6. The highest BCUT2D eigenvalue weighted by atomic mass is 32.2. The molecule has 0 heterocycles. The zero-order valence-electron chi connectivity index (χ0n) is 64.8. The maximum Gasteiger partial charge on any atom is 0.223 e. The first-order valence-corrected chi connectivity index (χ1v) is 44.3. The normalized spacial score (nSPS) is 11.9. The van der Waals surface area contributed by atoms with Crippen LogP contribution in [0.15, 0.2) is 364 Å². The van der Waals surface area contributed by atoms with E-state index in [2.05, 4.69) is 380 Å². The molecule has 0 saturated carbocycles. The third-order valence-electron chi connectivity index (χ3n) is 21.2. The van der Waals surface area contributed by atoms with Crippen molar-refractivity contribution in [2.45, 2.75) is 134 Å². The van der Waals surface area contributed by atoms with Crippen LogP contribution in [-0.2, 0) is 38.2 Å². The van der Waals surface area contributed by atoms with Crippen LogP contribution >= 0.6 is 47.0 Å². The minimum absolute atomic E-state index is 0.129. The van der Waals surface area contributed by atoms with Gasteiger partial charge in [-0.15, -0.1) is 47.0 Å². The molecule has 0 atom stereocenters. The van der Waals surface area contributed by atoms with Crippen molar-refractivity contribution in [1.82, 2.24) is 16.0 Å². The topological polar surface area (TPSA) is 104 Å². The predicted octanol–water partition coefficient (Wildman–Crippen LogP) is 24.1. The van der Waals surface area contributed by atoms with E-state index in [0.29, 0.717) is 25.7 Å². The van der Waals surface area contributed by atoms with Crippen molar-refractivity contribution < 1.29 is 19.2 Å². The fourth-order valence-electron chi connectivity index (χ4n) is 15.8. The zero-order valence-corrected chi connectivity index (χ0v) is 68.0. The van der Waals surface area contributed by atoms with E-state index in [-0.39, 0.29) is 55.6 Å². The molecule has 576 valence electrons. The fourth-order valence-corrected chi connectivity index (χ4v) is 22.0. The largest absolute Gasteiger partial charge is 0.316 e. The molecule has 0 spiro atoms. The molecule has 12 aromatic rings. The van der Waals surface area contributed by atoms with E-state index in [1.165, 1.54) is 66.8 Å². The van der Waals surface area contributed by atoms with Gasteiger partial charge in [0.1, 0.15) is 5.78 Å². The van der Waals surface area contributed by atoms with Crippen LogP contribution in [0, 0.1) is 0 Å². The quantitative estimate of drug-likeness (QED) is 0.0197. The van der Waals surface area contributed by atoms with Crippen LogP contribution in [-0.4, -0.2) is 52.3 Å². The van der Waals surface area contributed by atoms with Gasteiger partial charge in [-0.25, -0.2) is 0 Å². The lowest BCUT2D eigenvalue weighted by Crippen LogP contribution is -2.71. The van der Waals surface area contributed by atoms with Crippen LogP contribution in [0.4, 0.5) is 0 Å². The molecule has 3 N–H and O–H groups in total. The maximum absolute atomic E-state index is 15.0. The summed E-state index contributed by atoms with van der Waals surface area (Å²) in [5, 5.41) is 9.56. The van der Waals surface area contributed by atoms with Gasteiger partial charge < -0.3 is 16.0 Å². The Morgan fingerprint density at radius 1 is 0.195 bits per heavy atom. The Hall–Kier alpha value is -9.88. The number of hydrogen-bond acceptors (Lipinski definition) is 8. The van der Waals surface area contributed by atoms with E-state index in [0.717, 1.165) is 74.4 Å². The van der Waals surface area contributed by atoms with Crippen LogP contribution in [0.3, 0.4) is 0 Å². The molecule has 0 aliphatic rings. The summed E-state index contributed by atoms with van der Waals surface area (Å²) in [5.41, 5.74) is 14.4. The average molecular weight is 1570 g/mol. The molecule has 0 aliphatic carbocycles. The number of rotatable bonds is 45. The van der Waals surface area contributed by atoms with Gasteiger partial charge >= 0.3 is 0 Å². The second-order valence-electron chi connectivity index (χ2n) is 29.0. The minimum Gasteiger partial charge on any atom is -0.316 e. The Kier molecular flexibility index (Phi) is 31.3. The standard InChI is InChI=1S/C102H105N3O4S4/c106-94(73-41-13-45-77-110-99(82-49-17-1-18-50-82,83-51-19-2-20-52-83)84-53-21-3-22-54-84)81-98(103-95(107)74-42-14-46-78-111-100(85-55-23-4-24-56-85,86-57-25-5-26-58-86)87-59-27-6-28-60-87,104-96(108)75-43-15-47-79-112-101(88-61-29-7-30-62-88,89-63-31-8-32-64-89)90-65-33-9-34-66-90)105-97(109)76-44-16-48-80-113-102(91-67-35-10-36-68-91,92-69-37-11-38-70-92)93-71-39-12-40-72-93/h1-12,17-40,49-72H,13-16,41-48,73-81H2,(H,103,107)(H,104,108)(H,105,109). The van der Waals surface area contributed by atoms with Crippen LogP contribution < -0.4 is 16.0 Å². The lowest BCUT2D eigenvalue weighted by molar-refractivity contribution is -0.133. The molecule has 0 aromatic heterocycles. The Morgan fingerprint density at radius 2 is 0.345 bits per heavy atom. The van der Waals surface area contributed by atoms with Gasteiger partial charge in [0.25, 0.3) is 0 Å². The number of carbonyl (C=O) groups excluding carboxylic acids is 4. The second-order valence-corrected chi connectivity index (χ2v) is 34.3. The van der Waals surface area contributed by atoms with Crippen molar-refractivity contribution in [3.05, 3.63) is 431 Å². The molecule has 7 nitrogen and oxygen atoms in total. The van der Waals surface area contributed by atoms with Gasteiger partial charge in [0, 0.05) is 25.7 Å². The molecule has 0 unspecified atom stereocenters. The number of unbranched alkanes of at least 4 members (excludes halogenated alkanes) is 8. The van der Waals surface area contributed by atoms with Crippen molar-refractivity contribution >= 4 is 70.6 Å². The summed E-state index contributed by atoms with van der Waals surface area (Å²) in [6, 6.07) is 129. The van der Waals surface area contributed by atoms with Crippen molar-refractivity contribution in [3.8, 4) is 0 Å². The van der Waals surface area contributed by atoms with E-state index >= 15 is 4.79 Å². The van der Waals surface area contributed by atoms with Crippen LogP contribution in [0.1, 0.15) is 176 Å². The summed E-state index contributed by atoms with van der Waals surface area (Å²) in [6.07, 6.45) is 8.93. The number of carbonyl (C=O) groups is 4. The Balaban J connectivity index is 0.765. The molecule has 0 aliphatic heterocycles. The van der Waals surface area contributed by atoms with Gasteiger partial charge in [-0.05, 0) is 141 Å². The average Bonchev–Trinajstić information content (AvgIpc) is 0.783. The third kappa shape index (κ3) is 21.5. The molecule has 11 heteroatoms. The molecule has 0 saturated heterocycles. The Labute approximate surface area is 688 Å². The van der Waals surface area contributed by atoms with E-state index in [4.69, 9.17) is 0 Å². The molecular weight excluding hydrogens is 1460 g/mol. The van der Waals surface area contributed by atoms with Crippen molar-refractivity contribution in [1.29, 1.82) is 0 Å². The van der Waals surface area contributed by atoms with Gasteiger partial charge in [-0.3, -0.25) is 19.2 Å². The van der Waals surface area contributed by atoms with Gasteiger partial charge in [-0.1, -0.05) is 390 Å². The Bertz CT molecular complexity index is 3770. The maximum atomic E-state index is 15.0. The number of amides is 3. The van der Waals surface area contributed by atoms with Crippen molar-refractivity contribution in [2.24, 2.45) is 0 Å². The number of thioether (sulfide) groups is 4. The summed E-state index contributed by atoms with van der Waals surface area (Å²) < 4.78 is -1.89. The molecule has 3 amide bonds. The first-order valence-electron chi connectivity index (χ1n) is 40.3. The molecule has 0 bridgehead atoms. The molecule has 113 heavy (non-hydrogen) atoms. The van der Waals surface area contributed by atoms with E-state index < -0.39 is 24.8 Å². The number of benzene rings is 12. The first-order chi connectivity index (χ1) is 55.7. The van der Waals surface area contributed by atoms with Crippen molar-refractivity contribution in [3.63, 3.8) is 0 Å². The zero-order chi connectivity index (χ0) is 78.0. The summed E-state index contributed by atoms with van der Waals surface area (Å²) in [7, 11) is 0. The highest BCUT2D eigenvalue weighted by molar-refractivity contribution is 8.01. The molecule has 12 aromatic carbocycles. The predicted molar refractivity (Wildman–Crippen MR) is 477 cm³/mol. The van der Waals surface area contributed by atoms with Gasteiger partial charge in [-0.2, -0.15) is 0 Å². The molecule has 12 rings (SSSR count). The number of hydrogen-bond donors (Lipinski definition) is 3. The molecular formula is C102H105N3O4S4.